The lowest BCUT2D eigenvalue weighted by Gasteiger charge is -2.00. The molecule has 2 nitrogen and oxygen atoms in total. The van der Waals surface area contributed by atoms with Gasteiger partial charge < -0.3 is 0 Å². The lowest BCUT2D eigenvalue weighted by molar-refractivity contribution is 0.112. The average Bonchev–Trinajstić information content (AvgIpc) is 2.30. The van der Waals surface area contributed by atoms with Gasteiger partial charge in [0.05, 0.1) is 5.69 Å². The highest BCUT2D eigenvalue weighted by molar-refractivity contribution is 5.75. The van der Waals surface area contributed by atoms with Crippen LogP contribution in [0.5, 0.6) is 0 Å². The summed E-state index contributed by atoms with van der Waals surface area (Å²) in [6.45, 7) is 0. The van der Waals surface area contributed by atoms with Gasteiger partial charge in [-0.3, -0.25) is 9.78 Å². The second kappa shape index (κ2) is 4.00. The molecule has 1 heterocycles. The van der Waals surface area contributed by atoms with Crippen LogP contribution in [0.3, 0.4) is 0 Å². The maximum atomic E-state index is 12.7. The van der Waals surface area contributed by atoms with Crippen LogP contribution in [0.1, 0.15) is 10.4 Å². The van der Waals surface area contributed by atoms with Crippen molar-refractivity contribution in [2.45, 2.75) is 0 Å². The molecule has 0 saturated carbocycles. The zero-order valence-corrected chi connectivity index (χ0v) is 7.85. The Kier molecular flexibility index (Phi) is 2.54. The van der Waals surface area contributed by atoms with Crippen LogP contribution in [0.2, 0.25) is 0 Å². The number of nitrogens with zero attached hydrogens (tertiary/aromatic N) is 1. The highest BCUT2D eigenvalue weighted by atomic mass is 19.1. The van der Waals surface area contributed by atoms with E-state index in [4.69, 9.17) is 0 Å². The van der Waals surface area contributed by atoms with Crippen LogP contribution < -0.4 is 0 Å². The van der Waals surface area contributed by atoms with Gasteiger partial charge in [0.15, 0.2) is 6.29 Å². The summed E-state index contributed by atoms with van der Waals surface area (Å²) >= 11 is 0. The molecule has 1 aromatic carbocycles. The summed E-state index contributed by atoms with van der Waals surface area (Å²) in [7, 11) is 0. The summed E-state index contributed by atoms with van der Waals surface area (Å²) in [5, 5.41) is 0. The van der Waals surface area contributed by atoms with Gasteiger partial charge >= 0.3 is 0 Å². The third-order valence-electron chi connectivity index (χ3n) is 2.06. The molecule has 1 aromatic heterocycles. The molecular weight excluding hydrogens is 193 g/mol. The minimum Gasteiger partial charge on any atom is -0.298 e. The van der Waals surface area contributed by atoms with E-state index in [9.17, 15) is 9.18 Å². The van der Waals surface area contributed by atoms with E-state index in [1.54, 1.807) is 24.3 Å². The Labute approximate surface area is 86.4 Å². The van der Waals surface area contributed by atoms with Crippen molar-refractivity contribution in [3.8, 4) is 11.3 Å². The van der Waals surface area contributed by atoms with Gasteiger partial charge in [0.25, 0.3) is 0 Å². The minimum atomic E-state index is -0.275. The molecule has 2 rings (SSSR count). The predicted molar refractivity (Wildman–Crippen MR) is 55.0 cm³/mol. The standard InChI is InChI=1S/C12H8FNO/c13-11-4-2-10(3-5-11)12-6-1-9(8-15)7-14-12/h1-8H. The van der Waals surface area contributed by atoms with Gasteiger partial charge in [0.1, 0.15) is 5.82 Å². The van der Waals surface area contributed by atoms with E-state index in [0.29, 0.717) is 5.56 Å². The molecule has 3 heteroatoms. The molecule has 0 aliphatic carbocycles. The SMILES string of the molecule is O=Cc1ccc(-c2ccc(F)cc2)nc1. The number of aldehydes is 1. The highest BCUT2D eigenvalue weighted by Crippen LogP contribution is 2.16. The van der Waals surface area contributed by atoms with E-state index >= 15 is 0 Å². The predicted octanol–water partition coefficient (Wildman–Crippen LogP) is 2.70. The van der Waals surface area contributed by atoms with Crippen LogP contribution in [-0.2, 0) is 0 Å². The second-order valence-electron chi connectivity index (χ2n) is 3.10. The molecule has 0 unspecified atom stereocenters. The molecule has 0 amide bonds. The van der Waals surface area contributed by atoms with E-state index in [1.165, 1.54) is 18.3 Å². The first-order valence-electron chi connectivity index (χ1n) is 4.47. The van der Waals surface area contributed by atoms with Crippen molar-refractivity contribution in [1.29, 1.82) is 0 Å². The number of aromatic nitrogens is 1. The highest BCUT2D eigenvalue weighted by Gasteiger charge is 1.99. The third kappa shape index (κ3) is 2.07. The van der Waals surface area contributed by atoms with Gasteiger partial charge in [-0.2, -0.15) is 0 Å². The summed E-state index contributed by atoms with van der Waals surface area (Å²) in [5.41, 5.74) is 2.08. The fraction of sp³-hybridized carbons (Fsp3) is 0. The van der Waals surface area contributed by atoms with Gasteiger partial charge in [0, 0.05) is 17.3 Å². The van der Waals surface area contributed by atoms with E-state index in [-0.39, 0.29) is 5.82 Å². The van der Waals surface area contributed by atoms with Crippen molar-refractivity contribution in [3.63, 3.8) is 0 Å². The molecule has 2 aromatic rings. The van der Waals surface area contributed by atoms with Crippen molar-refractivity contribution in [3.05, 3.63) is 54.0 Å². The Bertz CT molecular complexity index is 462. The lowest BCUT2D eigenvalue weighted by atomic mass is 10.1. The molecule has 0 spiro atoms. The van der Waals surface area contributed by atoms with Crippen LogP contribution in [0.25, 0.3) is 11.3 Å². The maximum Gasteiger partial charge on any atom is 0.151 e. The number of carbonyl (C=O) groups excluding carboxylic acids is 1. The van der Waals surface area contributed by atoms with Gasteiger partial charge in [-0.15, -0.1) is 0 Å². The minimum absolute atomic E-state index is 0.275. The first kappa shape index (κ1) is 9.52. The Hall–Kier alpha value is -2.03. The van der Waals surface area contributed by atoms with E-state index in [2.05, 4.69) is 4.98 Å². The zero-order valence-electron chi connectivity index (χ0n) is 7.85. The molecule has 0 saturated heterocycles. The molecule has 0 atom stereocenters. The van der Waals surface area contributed by atoms with Gasteiger partial charge in [0.2, 0.25) is 0 Å². The van der Waals surface area contributed by atoms with Crippen molar-refractivity contribution < 1.29 is 9.18 Å². The lowest BCUT2D eigenvalue weighted by Crippen LogP contribution is -1.86. The Morgan fingerprint density at radius 3 is 2.33 bits per heavy atom. The van der Waals surface area contributed by atoms with Crippen LogP contribution in [0, 0.1) is 5.82 Å². The van der Waals surface area contributed by atoms with Crippen LogP contribution in [0.15, 0.2) is 42.6 Å². The number of carbonyl (C=O) groups is 1. The summed E-state index contributed by atoms with van der Waals surface area (Å²) < 4.78 is 12.7. The van der Waals surface area contributed by atoms with Crippen molar-refractivity contribution >= 4 is 6.29 Å². The quantitative estimate of drug-likeness (QED) is 0.699. The molecular formula is C12H8FNO. The van der Waals surface area contributed by atoms with E-state index in [1.807, 2.05) is 0 Å². The molecule has 0 fully saturated rings. The van der Waals surface area contributed by atoms with Crippen molar-refractivity contribution in [2.75, 3.05) is 0 Å². The number of hydrogen-bond acceptors (Lipinski definition) is 2. The Balaban J connectivity index is 2.37. The van der Waals surface area contributed by atoms with Gasteiger partial charge in [-0.1, -0.05) is 0 Å². The molecule has 0 N–H and O–H groups in total. The zero-order chi connectivity index (χ0) is 10.7. The van der Waals surface area contributed by atoms with E-state index < -0.39 is 0 Å². The number of rotatable bonds is 2. The Morgan fingerprint density at radius 1 is 1.07 bits per heavy atom. The van der Waals surface area contributed by atoms with Gasteiger partial charge in [-0.05, 0) is 36.4 Å². The largest absolute Gasteiger partial charge is 0.298 e. The normalized spacial score (nSPS) is 9.93. The summed E-state index contributed by atoms with van der Waals surface area (Å²) in [6, 6.07) is 9.47. The van der Waals surface area contributed by atoms with Crippen molar-refractivity contribution in [1.82, 2.24) is 4.98 Å². The first-order chi connectivity index (χ1) is 7.29. The summed E-state index contributed by atoms with van der Waals surface area (Å²) in [5.74, 6) is -0.275. The summed E-state index contributed by atoms with van der Waals surface area (Å²) in [6.07, 6.45) is 2.23. The second-order valence-corrected chi connectivity index (χ2v) is 3.10. The smallest absolute Gasteiger partial charge is 0.151 e. The molecule has 0 aliphatic rings. The first-order valence-corrected chi connectivity index (χ1v) is 4.47. The molecule has 15 heavy (non-hydrogen) atoms. The monoisotopic (exact) mass is 201 g/mol. The molecule has 74 valence electrons. The average molecular weight is 201 g/mol. The van der Waals surface area contributed by atoms with E-state index in [0.717, 1.165) is 17.5 Å². The topological polar surface area (TPSA) is 30.0 Å². The van der Waals surface area contributed by atoms with Crippen LogP contribution in [0.4, 0.5) is 4.39 Å². The fourth-order valence-corrected chi connectivity index (χ4v) is 1.27. The number of hydrogen-bond donors (Lipinski definition) is 0. The fourth-order valence-electron chi connectivity index (χ4n) is 1.27. The van der Waals surface area contributed by atoms with Crippen molar-refractivity contribution in [2.24, 2.45) is 0 Å². The van der Waals surface area contributed by atoms with Gasteiger partial charge in [-0.25, -0.2) is 4.39 Å². The van der Waals surface area contributed by atoms with Crippen LogP contribution in [-0.4, -0.2) is 11.3 Å². The molecule has 0 radical (unpaired) electrons. The number of pyridine rings is 1. The maximum absolute atomic E-state index is 12.7. The number of halogens is 1. The third-order valence-corrected chi connectivity index (χ3v) is 2.06. The summed E-state index contributed by atoms with van der Waals surface area (Å²) in [4.78, 5) is 14.5. The number of benzene rings is 1. The molecule has 0 bridgehead atoms. The Morgan fingerprint density at radius 2 is 1.80 bits per heavy atom. The van der Waals surface area contributed by atoms with Crippen LogP contribution >= 0.6 is 0 Å². The molecule has 0 aliphatic heterocycles.